The first-order chi connectivity index (χ1) is 13.1. The van der Waals surface area contributed by atoms with E-state index in [-0.39, 0.29) is 30.3 Å². The summed E-state index contributed by atoms with van der Waals surface area (Å²) in [5.41, 5.74) is 1.24. The summed E-state index contributed by atoms with van der Waals surface area (Å²) in [4.78, 5) is 42.3. The molecule has 1 N–H and O–H groups in total. The molecule has 0 radical (unpaired) electrons. The predicted molar refractivity (Wildman–Crippen MR) is 102 cm³/mol. The fourth-order valence-corrected chi connectivity index (χ4v) is 3.78. The van der Waals surface area contributed by atoms with Gasteiger partial charge in [-0.2, -0.15) is 0 Å². The standard InChI is InChI=1S/C20H28N4O3/c1-21-20(27)17-14-24(19(26)15-23-10-5-8-18(23)25)13-12-22(17)11-9-16-6-3-2-4-7-16/h2-4,6-7,17H,5,8-15H2,1H3,(H,21,27)/t17-/m0/s1. The number of carbonyl (C=O) groups is 3. The highest BCUT2D eigenvalue weighted by Gasteiger charge is 2.34. The largest absolute Gasteiger partial charge is 0.358 e. The second-order valence-electron chi connectivity index (χ2n) is 7.16. The van der Waals surface area contributed by atoms with Crippen molar-refractivity contribution >= 4 is 17.7 Å². The van der Waals surface area contributed by atoms with Gasteiger partial charge in [0.2, 0.25) is 17.7 Å². The number of hydrogen-bond donors (Lipinski definition) is 1. The topological polar surface area (TPSA) is 73.0 Å². The Balaban J connectivity index is 1.59. The van der Waals surface area contributed by atoms with E-state index in [0.29, 0.717) is 32.6 Å². The van der Waals surface area contributed by atoms with Gasteiger partial charge in [0.1, 0.15) is 6.04 Å². The van der Waals surface area contributed by atoms with Crippen molar-refractivity contribution < 1.29 is 14.4 Å². The van der Waals surface area contributed by atoms with Gasteiger partial charge in [0.25, 0.3) is 0 Å². The van der Waals surface area contributed by atoms with Gasteiger partial charge in [-0.05, 0) is 18.4 Å². The van der Waals surface area contributed by atoms with Crippen molar-refractivity contribution in [2.24, 2.45) is 0 Å². The second-order valence-corrected chi connectivity index (χ2v) is 7.16. The SMILES string of the molecule is CNC(=O)[C@@H]1CN(C(=O)CN2CCCC2=O)CCN1CCc1ccccc1. The van der Waals surface area contributed by atoms with E-state index in [4.69, 9.17) is 0 Å². The summed E-state index contributed by atoms with van der Waals surface area (Å²) in [5.74, 6) is -0.0904. The van der Waals surface area contributed by atoms with Crippen molar-refractivity contribution in [2.45, 2.75) is 25.3 Å². The number of nitrogens with zero attached hydrogens (tertiary/aromatic N) is 3. The Hall–Kier alpha value is -2.41. The maximum Gasteiger partial charge on any atom is 0.242 e. The molecule has 7 nitrogen and oxygen atoms in total. The van der Waals surface area contributed by atoms with Gasteiger partial charge in [0.05, 0.1) is 6.54 Å². The van der Waals surface area contributed by atoms with Crippen LogP contribution >= 0.6 is 0 Å². The third-order valence-corrected chi connectivity index (χ3v) is 5.42. The quantitative estimate of drug-likeness (QED) is 0.769. The fraction of sp³-hybridized carbons (Fsp3) is 0.550. The molecule has 2 heterocycles. The third kappa shape index (κ3) is 4.86. The van der Waals surface area contributed by atoms with Gasteiger partial charge in [-0.25, -0.2) is 0 Å². The van der Waals surface area contributed by atoms with Gasteiger partial charge in [0, 0.05) is 46.2 Å². The van der Waals surface area contributed by atoms with Crippen LogP contribution in [0.25, 0.3) is 0 Å². The molecule has 0 bridgehead atoms. The molecule has 0 saturated carbocycles. The number of benzene rings is 1. The first-order valence-electron chi connectivity index (χ1n) is 9.63. The Labute approximate surface area is 160 Å². The van der Waals surface area contributed by atoms with E-state index in [9.17, 15) is 14.4 Å². The van der Waals surface area contributed by atoms with Crippen LogP contribution in [-0.2, 0) is 20.8 Å². The summed E-state index contributed by atoms with van der Waals surface area (Å²) in [7, 11) is 1.63. The summed E-state index contributed by atoms with van der Waals surface area (Å²) < 4.78 is 0. The molecule has 3 rings (SSSR count). The minimum absolute atomic E-state index is 0.0488. The van der Waals surface area contributed by atoms with Gasteiger partial charge in [-0.1, -0.05) is 30.3 Å². The van der Waals surface area contributed by atoms with Crippen molar-refractivity contribution in [3.05, 3.63) is 35.9 Å². The zero-order valence-electron chi connectivity index (χ0n) is 15.9. The lowest BCUT2D eigenvalue weighted by Crippen LogP contribution is -2.61. The van der Waals surface area contributed by atoms with E-state index >= 15 is 0 Å². The van der Waals surface area contributed by atoms with Crippen LogP contribution in [0.3, 0.4) is 0 Å². The summed E-state index contributed by atoms with van der Waals surface area (Å²) in [5, 5.41) is 2.72. The maximum atomic E-state index is 12.6. The molecule has 1 atom stereocenters. The van der Waals surface area contributed by atoms with Crippen LogP contribution < -0.4 is 5.32 Å². The molecule has 146 valence electrons. The van der Waals surface area contributed by atoms with Gasteiger partial charge >= 0.3 is 0 Å². The fourth-order valence-electron chi connectivity index (χ4n) is 3.78. The first kappa shape index (κ1) is 19.4. The van der Waals surface area contributed by atoms with E-state index in [1.165, 1.54) is 5.56 Å². The Morgan fingerprint density at radius 1 is 1.15 bits per heavy atom. The van der Waals surface area contributed by atoms with E-state index in [2.05, 4.69) is 22.3 Å². The van der Waals surface area contributed by atoms with Crippen molar-refractivity contribution in [2.75, 3.05) is 46.3 Å². The smallest absolute Gasteiger partial charge is 0.242 e. The van der Waals surface area contributed by atoms with Crippen LogP contribution in [0.4, 0.5) is 0 Å². The molecule has 27 heavy (non-hydrogen) atoms. The first-order valence-corrected chi connectivity index (χ1v) is 9.63. The summed E-state index contributed by atoms with van der Waals surface area (Å²) in [6, 6.07) is 9.84. The van der Waals surface area contributed by atoms with Gasteiger partial charge in [-0.15, -0.1) is 0 Å². The van der Waals surface area contributed by atoms with E-state index < -0.39 is 0 Å². The van der Waals surface area contributed by atoms with Crippen LogP contribution in [0.15, 0.2) is 30.3 Å². The monoisotopic (exact) mass is 372 g/mol. The number of amides is 3. The Bertz CT molecular complexity index is 679. The summed E-state index contributed by atoms with van der Waals surface area (Å²) in [6.07, 6.45) is 2.21. The Kier molecular flexibility index (Phi) is 6.45. The molecule has 7 heteroatoms. The molecular formula is C20H28N4O3. The molecular weight excluding hydrogens is 344 g/mol. The van der Waals surface area contributed by atoms with Gasteiger partial charge in [-0.3, -0.25) is 19.3 Å². The minimum Gasteiger partial charge on any atom is -0.358 e. The second kappa shape index (κ2) is 8.99. The number of likely N-dealkylation sites (tertiary alicyclic amines) is 1. The van der Waals surface area contributed by atoms with Crippen LogP contribution in [0.1, 0.15) is 18.4 Å². The number of carbonyl (C=O) groups excluding carboxylic acids is 3. The highest BCUT2D eigenvalue weighted by Crippen LogP contribution is 2.14. The maximum absolute atomic E-state index is 12.6. The highest BCUT2D eigenvalue weighted by atomic mass is 16.2. The minimum atomic E-state index is -0.356. The van der Waals surface area contributed by atoms with Crippen molar-refractivity contribution in [3.63, 3.8) is 0 Å². The van der Waals surface area contributed by atoms with Crippen molar-refractivity contribution in [1.29, 1.82) is 0 Å². The van der Waals surface area contributed by atoms with Crippen LogP contribution in [0.2, 0.25) is 0 Å². The van der Waals surface area contributed by atoms with Crippen molar-refractivity contribution in [3.8, 4) is 0 Å². The van der Waals surface area contributed by atoms with Gasteiger partial charge in [0.15, 0.2) is 0 Å². The van der Waals surface area contributed by atoms with Crippen LogP contribution in [-0.4, -0.2) is 84.8 Å². The zero-order chi connectivity index (χ0) is 19.2. The van der Waals surface area contributed by atoms with Gasteiger partial charge < -0.3 is 15.1 Å². The molecule has 0 spiro atoms. The summed E-state index contributed by atoms with van der Waals surface area (Å²) in [6.45, 7) is 3.17. The number of rotatable bonds is 6. The predicted octanol–water partition coefficient (Wildman–Crippen LogP) is 0.110. The molecule has 2 aliphatic heterocycles. The molecule has 0 unspecified atom stereocenters. The lowest BCUT2D eigenvalue weighted by molar-refractivity contribution is -0.142. The molecule has 0 aromatic heterocycles. The number of piperazine rings is 1. The number of hydrogen-bond acceptors (Lipinski definition) is 4. The normalized spacial score (nSPS) is 20.8. The number of likely N-dealkylation sites (N-methyl/N-ethyl adjacent to an activating group) is 1. The zero-order valence-corrected chi connectivity index (χ0v) is 15.9. The Morgan fingerprint density at radius 2 is 1.93 bits per heavy atom. The average molecular weight is 372 g/mol. The molecule has 3 amide bonds. The van der Waals surface area contributed by atoms with E-state index in [1.54, 1.807) is 16.8 Å². The molecule has 0 aliphatic carbocycles. The lowest BCUT2D eigenvalue weighted by Gasteiger charge is -2.40. The lowest BCUT2D eigenvalue weighted by atomic mass is 10.1. The van der Waals surface area contributed by atoms with Crippen LogP contribution in [0.5, 0.6) is 0 Å². The summed E-state index contributed by atoms with van der Waals surface area (Å²) >= 11 is 0. The van der Waals surface area contributed by atoms with Crippen molar-refractivity contribution in [1.82, 2.24) is 20.0 Å². The highest BCUT2D eigenvalue weighted by molar-refractivity contribution is 5.87. The molecule has 2 aliphatic rings. The Morgan fingerprint density at radius 3 is 2.59 bits per heavy atom. The molecule has 2 saturated heterocycles. The van der Waals surface area contributed by atoms with E-state index in [0.717, 1.165) is 19.4 Å². The number of nitrogens with one attached hydrogen (secondary N) is 1. The molecule has 2 fully saturated rings. The van der Waals surface area contributed by atoms with Crippen LogP contribution in [0, 0.1) is 0 Å². The van der Waals surface area contributed by atoms with E-state index in [1.807, 2.05) is 18.2 Å². The molecule has 1 aromatic carbocycles. The molecule has 1 aromatic rings. The third-order valence-electron chi connectivity index (χ3n) is 5.42. The average Bonchev–Trinajstić information content (AvgIpc) is 3.10.